The van der Waals surface area contributed by atoms with Crippen LogP contribution in [0.2, 0.25) is 0 Å². The van der Waals surface area contributed by atoms with Crippen molar-refractivity contribution in [1.82, 2.24) is 0 Å². The normalized spacial score (nSPS) is 10.3. The molecule has 0 fully saturated rings. The van der Waals surface area contributed by atoms with E-state index in [2.05, 4.69) is 22.6 Å². The van der Waals surface area contributed by atoms with Gasteiger partial charge in [-0.25, -0.2) is 0 Å². The van der Waals surface area contributed by atoms with Crippen molar-refractivity contribution in [3.05, 3.63) is 33.4 Å². The molecule has 0 aliphatic heterocycles. The molecule has 0 bridgehead atoms. The van der Waals surface area contributed by atoms with Crippen LogP contribution < -0.4 is 0 Å². The minimum atomic E-state index is 0.188. The summed E-state index contributed by atoms with van der Waals surface area (Å²) >= 11 is 3.84. The fourth-order valence-electron chi connectivity index (χ4n) is 1.03. The average Bonchev–Trinajstić information content (AvgIpc) is 2.25. The monoisotopic (exact) mass is 336 g/mol. The molecule has 0 aliphatic rings. The second-order valence-electron chi connectivity index (χ2n) is 2.98. The Balaban J connectivity index is 2.37. The third kappa shape index (κ3) is 4.99. The summed E-state index contributed by atoms with van der Waals surface area (Å²) in [5.41, 5.74) is 0.792. The summed E-state index contributed by atoms with van der Waals surface area (Å²) in [4.78, 5) is 11.7. The zero-order valence-electron chi connectivity index (χ0n) is 8.53. The first-order valence-electron chi connectivity index (χ1n) is 4.59. The third-order valence-electron chi connectivity index (χ3n) is 1.83. The predicted octanol–water partition coefficient (Wildman–Crippen LogP) is 2.85. The van der Waals surface area contributed by atoms with Gasteiger partial charge in [0, 0.05) is 22.0 Å². The Morgan fingerprint density at radius 1 is 1.40 bits per heavy atom. The number of halogens is 1. The zero-order chi connectivity index (χ0) is 11.1. The number of ketones is 1. The summed E-state index contributed by atoms with van der Waals surface area (Å²) in [6, 6.07) is 7.66. The van der Waals surface area contributed by atoms with Gasteiger partial charge >= 0.3 is 0 Å². The van der Waals surface area contributed by atoms with Crippen LogP contribution in [-0.4, -0.2) is 31.0 Å². The van der Waals surface area contributed by atoms with Gasteiger partial charge in [0.2, 0.25) is 0 Å². The molecule has 1 aromatic rings. The van der Waals surface area contributed by atoms with Crippen molar-refractivity contribution < 1.29 is 9.53 Å². The minimum Gasteiger partial charge on any atom is -0.384 e. The lowest BCUT2D eigenvalue weighted by atomic mass is 10.2. The second kappa shape index (κ2) is 7.24. The Labute approximate surface area is 108 Å². The lowest BCUT2D eigenvalue weighted by Gasteiger charge is -2.01. The van der Waals surface area contributed by atoms with Gasteiger partial charge in [-0.3, -0.25) is 4.79 Å². The maximum absolute atomic E-state index is 11.7. The van der Waals surface area contributed by atoms with Crippen LogP contribution >= 0.6 is 34.4 Å². The van der Waals surface area contributed by atoms with E-state index in [0.29, 0.717) is 12.4 Å². The summed E-state index contributed by atoms with van der Waals surface area (Å²) < 4.78 is 6.06. The topological polar surface area (TPSA) is 26.3 Å². The SMILES string of the molecule is COCCSCC(=O)c1ccc(I)cc1. The standard InChI is InChI=1S/C11H13IO2S/c1-14-6-7-15-8-11(13)9-2-4-10(12)5-3-9/h2-5H,6-8H2,1H3. The van der Waals surface area contributed by atoms with E-state index in [0.717, 1.165) is 14.9 Å². The number of hydrogen-bond donors (Lipinski definition) is 0. The van der Waals surface area contributed by atoms with Gasteiger partial charge in [-0.2, -0.15) is 11.8 Å². The second-order valence-corrected chi connectivity index (χ2v) is 5.33. The molecule has 0 spiro atoms. The van der Waals surface area contributed by atoms with Gasteiger partial charge in [0.1, 0.15) is 0 Å². The fourth-order valence-corrected chi connectivity index (χ4v) is 2.17. The number of carbonyl (C=O) groups excluding carboxylic acids is 1. The molecule has 2 nitrogen and oxygen atoms in total. The maximum Gasteiger partial charge on any atom is 0.172 e. The first-order chi connectivity index (χ1) is 7.24. The third-order valence-corrected chi connectivity index (χ3v) is 3.47. The van der Waals surface area contributed by atoms with Crippen LogP contribution in [0.1, 0.15) is 10.4 Å². The molecule has 0 saturated heterocycles. The Hall–Kier alpha value is -0.0700. The van der Waals surface area contributed by atoms with Gasteiger partial charge in [0.25, 0.3) is 0 Å². The molecular formula is C11H13IO2S. The molecular weight excluding hydrogens is 323 g/mol. The Morgan fingerprint density at radius 3 is 2.67 bits per heavy atom. The first-order valence-corrected chi connectivity index (χ1v) is 6.83. The highest BCUT2D eigenvalue weighted by Crippen LogP contribution is 2.10. The summed E-state index contributed by atoms with van der Waals surface area (Å²) in [6.07, 6.45) is 0. The van der Waals surface area contributed by atoms with Gasteiger partial charge in [0.05, 0.1) is 12.4 Å². The molecule has 0 aromatic heterocycles. The fraction of sp³-hybridized carbons (Fsp3) is 0.364. The number of carbonyl (C=O) groups is 1. The number of Topliss-reactive ketones (excluding diaryl/α,β-unsaturated/α-hetero) is 1. The average molecular weight is 336 g/mol. The molecule has 82 valence electrons. The van der Waals surface area contributed by atoms with Crippen molar-refractivity contribution in [3.8, 4) is 0 Å². The number of ether oxygens (including phenoxy) is 1. The van der Waals surface area contributed by atoms with Gasteiger partial charge in [-0.15, -0.1) is 0 Å². The van der Waals surface area contributed by atoms with Crippen LogP contribution in [0.3, 0.4) is 0 Å². The summed E-state index contributed by atoms with van der Waals surface area (Å²) in [5, 5.41) is 0. The molecule has 1 rings (SSSR count). The molecule has 15 heavy (non-hydrogen) atoms. The summed E-state index contributed by atoms with van der Waals surface area (Å²) in [5.74, 6) is 1.59. The van der Waals surface area contributed by atoms with E-state index in [4.69, 9.17) is 4.74 Å². The van der Waals surface area contributed by atoms with Crippen molar-refractivity contribution in [2.24, 2.45) is 0 Å². The minimum absolute atomic E-state index is 0.188. The van der Waals surface area contributed by atoms with Crippen molar-refractivity contribution in [2.45, 2.75) is 0 Å². The molecule has 0 aliphatic carbocycles. The number of thioether (sulfide) groups is 1. The Kier molecular flexibility index (Phi) is 6.28. The van der Waals surface area contributed by atoms with E-state index in [-0.39, 0.29) is 5.78 Å². The highest BCUT2D eigenvalue weighted by molar-refractivity contribution is 14.1. The van der Waals surface area contributed by atoms with Gasteiger partial charge < -0.3 is 4.74 Å². The molecule has 0 heterocycles. The van der Waals surface area contributed by atoms with Crippen LogP contribution in [0.15, 0.2) is 24.3 Å². The Morgan fingerprint density at radius 2 is 2.07 bits per heavy atom. The van der Waals surface area contributed by atoms with E-state index in [1.54, 1.807) is 18.9 Å². The summed E-state index contributed by atoms with van der Waals surface area (Å²) in [7, 11) is 1.67. The van der Waals surface area contributed by atoms with Gasteiger partial charge in [0.15, 0.2) is 5.78 Å². The van der Waals surface area contributed by atoms with E-state index >= 15 is 0 Å². The molecule has 0 radical (unpaired) electrons. The lowest BCUT2D eigenvalue weighted by Crippen LogP contribution is -2.04. The van der Waals surface area contributed by atoms with Crippen molar-refractivity contribution in [1.29, 1.82) is 0 Å². The van der Waals surface area contributed by atoms with Crippen LogP contribution in [-0.2, 0) is 4.74 Å². The zero-order valence-corrected chi connectivity index (χ0v) is 11.5. The molecule has 0 unspecified atom stereocenters. The molecule has 1 aromatic carbocycles. The largest absolute Gasteiger partial charge is 0.384 e. The van der Waals surface area contributed by atoms with E-state index < -0.39 is 0 Å². The highest BCUT2D eigenvalue weighted by Gasteiger charge is 2.04. The molecule has 0 saturated carbocycles. The lowest BCUT2D eigenvalue weighted by molar-refractivity contribution is 0.102. The van der Waals surface area contributed by atoms with Crippen LogP contribution in [0.25, 0.3) is 0 Å². The molecule has 4 heteroatoms. The van der Waals surface area contributed by atoms with Gasteiger partial charge in [-0.1, -0.05) is 12.1 Å². The van der Waals surface area contributed by atoms with Crippen LogP contribution in [0.5, 0.6) is 0 Å². The van der Waals surface area contributed by atoms with Crippen LogP contribution in [0, 0.1) is 3.57 Å². The smallest absolute Gasteiger partial charge is 0.172 e. The predicted molar refractivity (Wildman–Crippen MR) is 72.7 cm³/mol. The number of methoxy groups -OCH3 is 1. The van der Waals surface area contributed by atoms with Crippen molar-refractivity contribution in [2.75, 3.05) is 25.2 Å². The first kappa shape index (κ1) is 13.0. The molecule has 0 amide bonds. The van der Waals surface area contributed by atoms with Crippen molar-refractivity contribution in [3.63, 3.8) is 0 Å². The summed E-state index contributed by atoms with van der Waals surface area (Å²) in [6.45, 7) is 0.699. The van der Waals surface area contributed by atoms with E-state index in [1.807, 2.05) is 24.3 Å². The van der Waals surface area contributed by atoms with Crippen molar-refractivity contribution >= 4 is 40.1 Å². The highest BCUT2D eigenvalue weighted by atomic mass is 127. The quantitative estimate of drug-likeness (QED) is 0.454. The number of benzene rings is 1. The van der Waals surface area contributed by atoms with Gasteiger partial charge in [-0.05, 0) is 34.7 Å². The number of hydrogen-bond acceptors (Lipinski definition) is 3. The molecule has 0 atom stereocenters. The molecule has 0 N–H and O–H groups in total. The van der Waals surface area contributed by atoms with E-state index in [9.17, 15) is 4.79 Å². The maximum atomic E-state index is 11.7. The van der Waals surface area contributed by atoms with Crippen LogP contribution in [0.4, 0.5) is 0 Å². The Bertz CT molecular complexity index is 311. The van der Waals surface area contributed by atoms with E-state index in [1.165, 1.54) is 0 Å². The number of rotatable bonds is 6.